The Hall–Kier alpha value is -2.17. The molecular formula is C20H19Cl2NO3. The molecule has 4 nitrogen and oxygen atoms in total. The Morgan fingerprint density at radius 1 is 0.962 bits per heavy atom. The summed E-state index contributed by atoms with van der Waals surface area (Å²) in [7, 11) is 3.20. The van der Waals surface area contributed by atoms with Gasteiger partial charge in [-0.2, -0.15) is 0 Å². The lowest BCUT2D eigenvalue weighted by Gasteiger charge is -2.24. The van der Waals surface area contributed by atoms with E-state index in [1.165, 1.54) is 0 Å². The average Bonchev–Trinajstić information content (AvgIpc) is 2.59. The van der Waals surface area contributed by atoms with Gasteiger partial charge in [-0.3, -0.25) is 4.79 Å². The van der Waals surface area contributed by atoms with Crippen molar-refractivity contribution in [2.45, 2.75) is 18.8 Å². The molecule has 2 aromatic rings. The van der Waals surface area contributed by atoms with Crippen LogP contribution < -0.4 is 14.8 Å². The summed E-state index contributed by atoms with van der Waals surface area (Å²) in [6, 6.07) is 11.0. The summed E-state index contributed by atoms with van der Waals surface area (Å²) in [5, 5.41) is 4.34. The fraction of sp³-hybridized carbons (Fsp3) is 0.250. The number of methoxy groups -OCH3 is 2. The van der Waals surface area contributed by atoms with Crippen LogP contribution in [0.3, 0.4) is 0 Å². The van der Waals surface area contributed by atoms with Crippen molar-refractivity contribution in [3.63, 3.8) is 0 Å². The molecule has 1 aliphatic carbocycles. The second-order valence-corrected chi connectivity index (χ2v) is 7.01. The van der Waals surface area contributed by atoms with Crippen molar-refractivity contribution in [1.29, 1.82) is 0 Å². The van der Waals surface area contributed by atoms with Crippen LogP contribution in [0.2, 0.25) is 10.0 Å². The zero-order valence-electron chi connectivity index (χ0n) is 14.5. The molecule has 0 saturated heterocycles. The maximum Gasteiger partial charge on any atom is 0.160 e. The van der Waals surface area contributed by atoms with Crippen molar-refractivity contribution in [2.24, 2.45) is 0 Å². The fourth-order valence-electron chi connectivity index (χ4n) is 3.13. The van der Waals surface area contributed by atoms with Gasteiger partial charge in [0, 0.05) is 33.9 Å². The Labute approximate surface area is 162 Å². The lowest BCUT2D eigenvalue weighted by molar-refractivity contribution is -0.115. The minimum atomic E-state index is 0.0597. The number of nitrogens with one attached hydrogen (secondary N) is 1. The molecule has 26 heavy (non-hydrogen) atoms. The highest BCUT2D eigenvalue weighted by atomic mass is 35.5. The molecular weight excluding hydrogens is 373 g/mol. The molecule has 0 saturated carbocycles. The maximum atomic E-state index is 12.2. The second kappa shape index (κ2) is 8.02. The first-order valence-electron chi connectivity index (χ1n) is 8.17. The Balaban J connectivity index is 1.82. The van der Waals surface area contributed by atoms with Gasteiger partial charge in [-0.1, -0.05) is 29.3 Å². The second-order valence-electron chi connectivity index (χ2n) is 6.14. The molecule has 0 unspecified atom stereocenters. The highest BCUT2D eigenvalue weighted by Gasteiger charge is 2.23. The van der Waals surface area contributed by atoms with E-state index < -0.39 is 0 Å². The molecule has 0 amide bonds. The summed E-state index contributed by atoms with van der Waals surface area (Å²) in [5.74, 6) is 1.46. The van der Waals surface area contributed by atoms with E-state index in [2.05, 4.69) is 5.32 Å². The van der Waals surface area contributed by atoms with Gasteiger partial charge < -0.3 is 14.8 Å². The number of ketones is 1. The molecule has 0 aromatic heterocycles. The third kappa shape index (κ3) is 4.32. The van der Waals surface area contributed by atoms with Crippen LogP contribution in [0.25, 0.3) is 0 Å². The Kier molecular flexibility index (Phi) is 5.74. The Morgan fingerprint density at radius 2 is 1.65 bits per heavy atom. The molecule has 2 aromatic carbocycles. The molecule has 0 spiro atoms. The van der Waals surface area contributed by atoms with Crippen LogP contribution in [-0.4, -0.2) is 20.0 Å². The van der Waals surface area contributed by atoms with Crippen molar-refractivity contribution in [2.75, 3.05) is 19.5 Å². The number of allylic oxidation sites excluding steroid dienone is 2. The van der Waals surface area contributed by atoms with Crippen molar-refractivity contribution in [1.82, 2.24) is 0 Å². The number of carbonyl (C=O) groups is 1. The van der Waals surface area contributed by atoms with Crippen LogP contribution in [0, 0.1) is 0 Å². The summed E-state index contributed by atoms with van der Waals surface area (Å²) in [5.41, 5.74) is 2.63. The summed E-state index contributed by atoms with van der Waals surface area (Å²) >= 11 is 12.1. The van der Waals surface area contributed by atoms with Gasteiger partial charge in [0.1, 0.15) is 0 Å². The molecule has 0 radical (unpaired) electrons. The van der Waals surface area contributed by atoms with Gasteiger partial charge in [-0.15, -0.1) is 0 Å². The van der Waals surface area contributed by atoms with E-state index in [0.717, 1.165) is 16.9 Å². The highest BCUT2D eigenvalue weighted by Crippen LogP contribution is 2.37. The van der Waals surface area contributed by atoms with Crippen molar-refractivity contribution < 1.29 is 14.3 Å². The zero-order chi connectivity index (χ0) is 18.7. The van der Waals surface area contributed by atoms with Crippen LogP contribution in [0.1, 0.15) is 24.3 Å². The lowest BCUT2D eigenvalue weighted by atomic mass is 9.85. The molecule has 0 aliphatic heterocycles. The molecule has 1 atom stereocenters. The number of benzene rings is 2. The molecule has 1 N–H and O–H groups in total. The van der Waals surface area contributed by atoms with Gasteiger partial charge in [-0.05, 0) is 48.2 Å². The largest absolute Gasteiger partial charge is 0.493 e. The highest BCUT2D eigenvalue weighted by molar-refractivity contribution is 6.35. The molecule has 0 bridgehead atoms. The SMILES string of the molecule is COc1ccc([C@H]2CC(=O)C=C(Nc3cc(Cl)cc(Cl)c3)C2)cc1OC. The van der Waals surface area contributed by atoms with Crippen LogP contribution in [0.4, 0.5) is 5.69 Å². The van der Waals surface area contributed by atoms with E-state index in [4.69, 9.17) is 32.7 Å². The minimum Gasteiger partial charge on any atom is -0.493 e. The van der Waals surface area contributed by atoms with Crippen LogP contribution in [0.5, 0.6) is 11.5 Å². The molecule has 6 heteroatoms. The number of rotatable bonds is 5. The predicted octanol–water partition coefficient (Wildman–Crippen LogP) is 5.45. The number of halogens is 2. The number of carbonyl (C=O) groups excluding carboxylic acids is 1. The lowest BCUT2D eigenvalue weighted by Crippen LogP contribution is -2.16. The van der Waals surface area contributed by atoms with E-state index in [9.17, 15) is 4.79 Å². The first-order valence-corrected chi connectivity index (χ1v) is 8.92. The van der Waals surface area contributed by atoms with Gasteiger partial charge in [0.2, 0.25) is 0 Å². The van der Waals surface area contributed by atoms with Crippen molar-refractivity contribution in [3.05, 3.63) is 63.8 Å². The Bertz CT molecular complexity index is 844. The van der Waals surface area contributed by atoms with Gasteiger partial charge in [0.05, 0.1) is 14.2 Å². The van der Waals surface area contributed by atoms with E-state index >= 15 is 0 Å². The predicted molar refractivity (Wildman–Crippen MR) is 105 cm³/mol. The third-order valence-electron chi connectivity index (χ3n) is 4.30. The van der Waals surface area contributed by atoms with E-state index in [0.29, 0.717) is 34.4 Å². The number of ether oxygens (including phenoxy) is 2. The number of hydrogen-bond acceptors (Lipinski definition) is 4. The van der Waals surface area contributed by atoms with Gasteiger partial charge >= 0.3 is 0 Å². The number of hydrogen-bond donors (Lipinski definition) is 1. The van der Waals surface area contributed by atoms with Gasteiger partial charge in [0.15, 0.2) is 17.3 Å². The molecule has 1 aliphatic rings. The fourth-order valence-corrected chi connectivity index (χ4v) is 3.66. The quantitative estimate of drug-likeness (QED) is 0.735. The first kappa shape index (κ1) is 18.6. The number of anilines is 1. The normalized spacial score (nSPS) is 16.8. The molecule has 0 fully saturated rings. The summed E-state index contributed by atoms with van der Waals surface area (Å²) in [4.78, 5) is 12.2. The minimum absolute atomic E-state index is 0.0597. The van der Waals surface area contributed by atoms with Gasteiger partial charge in [0.25, 0.3) is 0 Å². The summed E-state index contributed by atoms with van der Waals surface area (Å²) in [6.45, 7) is 0. The van der Waals surface area contributed by atoms with Crippen LogP contribution in [0.15, 0.2) is 48.2 Å². The summed E-state index contributed by atoms with van der Waals surface area (Å²) < 4.78 is 10.7. The topological polar surface area (TPSA) is 47.6 Å². The van der Waals surface area contributed by atoms with Crippen LogP contribution >= 0.6 is 23.2 Å². The maximum absolute atomic E-state index is 12.2. The Morgan fingerprint density at radius 3 is 2.31 bits per heavy atom. The van der Waals surface area contributed by atoms with Crippen molar-refractivity contribution in [3.8, 4) is 11.5 Å². The first-order chi connectivity index (χ1) is 12.5. The molecule has 3 rings (SSSR count). The summed E-state index contributed by atoms with van der Waals surface area (Å²) in [6.07, 6.45) is 2.80. The average molecular weight is 392 g/mol. The standard InChI is InChI=1S/C20H19Cl2NO3/c1-25-19-4-3-12(7-20(19)26-2)13-5-16(11-18(24)6-13)23-17-9-14(21)8-15(22)10-17/h3-4,7-11,13,23H,5-6H2,1-2H3/t13-/m1/s1. The third-order valence-corrected chi connectivity index (χ3v) is 4.73. The van der Waals surface area contributed by atoms with E-state index in [1.54, 1.807) is 38.5 Å². The molecule has 136 valence electrons. The van der Waals surface area contributed by atoms with E-state index in [1.807, 2.05) is 18.2 Å². The molecule has 0 heterocycles. The van der Waals surface area contributed by atoms with Crippen LogP contribution in [-0.2, 0) is 4.79 Å². The van der Waals surface area contributed by atoms with Crippen molar-refractivity contribution >= 4 is 34.7 Å². The van der Waals surface area contributed by atoms with E-state index in [-0.39, 0.29) is 11.7 Å². The zero-order valence-corrected chi connectivity index (χ0v) is 16.0. The van der Waals surface area contributed by atoms with Gasteiger partial charge in [-0.25, -0.2) is 0 Å². The monoisotopic (exact) mass is 391 g/mol. The smallest absolute Gasteiger partial charge is 0.160 e.